The molecular formula is C27H25ClF3N5O4S. The lowest BCUT2D eigenvalue weighted by Crippen LogP contribution is -2.17. The summed E-state index contributed by atoms with van der Waals surface area (Å²) in [6, 6.07) is 11.8. The highest BCUT2D eigenvalue weighted by atomic mass is 35.5. The van der Waals surface area contributed by atoms with E-state index >= 15 is 0 Å². The van der Waals surface area contributed by atoms with Crippen LogP contribution in [-0.4, -0.2) is 51.8 Å². The molecule has 0 fully saturated rings. The van der Waals surface area contributed by atoms with Crippen molar-refractivity contribution in [2.24, 2.45) is 0 Å². The van der Waals surface area contributed by atoms with Crippen LogP contribution in [0.1, 0.15) is 45.4 Å². The number of fused-ring (bicyclic) bond motifs is 3. The number of esters is 1. The molecule has 9 nitrogen and oxygen atoms in total. The number of methoxy groups -OCH3 is 3. The van der Waals surface area contributed by atoms with Gasteiger partial charge in [0.1, 0.15) is 0 Å². The number of hydrogen-bond donors (Lipinski definition) is 0. The highest BCUT2D eigenvalue weighted by Gasteiger charge is 2.43. The predicted molar refractivity (Wildman–Crippen MR) is 146 cm³/mol. The topological polar surface area (TPSA) is 93.3 Å². The number of carbonyl (C=O) groups excluding carboxylic acids is 1. The summed E-state index contributed by atoms with van der Waals surface area (Å²) in [6.07, 6.45) is -2.87. The number of para-hydroxylation sites is 1. The van der Waals surface area contributed by atoms with Crippen molar-refractivity contribution in [3.63, 3.8) is 0 Å². The molecule has 0 unspecified atom stereocenters. The number of thioether (sulfide) groups is 1. The lowest BCUT2D eigenvalue weighted by molar-refractivity contribution is -0.146. The average molecular weight is 608 g/mol. The van der Waals surface area contributed by atoms with Crippen molar-refractivity contribution in [3.05, 3.63) is 82.2 Å². The Morgan fingerprint density at radius 2 is 1.88 bits per heavy atom. The largest absolute Gasteiger partial charge is 0.493 e. The van der Waals surface area contributed by atoms with Gasteiger partial charge in [-0.05, 0) is 42.3 Å². The molecule has 5 rings (SSSR count). The average Bonchev–Trinajstić information content (AvgIpc) is 3.57. The van der Waals surface area contributed by atoms with Gasteiger partial charge in [-0.25, -0.2) is 0 Å². The Morgan fingerprint density at radius 1 is 1.07 bits per heavy atom. The molecule has 2 aromatic carbocycles. The van der Waals surface area contributed by atoms with Crippen LogP contribution in [0.25, 0.3) is 5.69 Å². The summed E-state index contributed by atoms with van der Waals surface area (Å²) in [4.78, 5) is 11.9. The SMILES string of the molecule is COC(=O)Cc1ccnn1CC[C@H]1S[C@H](c2cccc(OC)c2OC)c2cc(Cl)ccc2-n2c1nnc2C(F)(F)F. The van der Waals surface area contributed by atoms with Crippen LogP contribution in [0.15, 0.2) is 48.7 Å². The van der Waals surface area contributed by atoms with Crippen molar-refractivity contribution in [1.29, 1.82) is 0 Å². The number of carbonyl (C=O) groups is 1. The van der Waals surface area contributed by atoms with Gasteiger partial charge in [0.2, 0.25) is 5.82 Å². The fourth-order valence-electron chi connectivity index (χ4n) is 4.89. The van der Waals surface area contributed by atoms with Crippen molar-refractivity contribution < 1.29 is 32.2 Å². The minimum Gasteiger partial charge on any atom is -0.493 e. The minimum absolute atomic E-state index is 0.0102. The highest BCUT2D eigenvalue weighted by Crippen LogP contribution is 2.54. The molecule has 0 bridgehead atoms. The van der Waals surface area contributed by atoms with Gasteiger partial charge in [-0.15, -0.1) is 22.0 Å². The van der Waals surface area contributed by atoms with Crippen LogP contribution in [0.4, 0.5) is 13.2 Å². The Hall–Kier alpha value is -3.71. The third-order valence-electron chi connectivity index (χ3n) is 6.72. The second kappa shape index (κ2) is 11.6. The zero-order chi connectivity index (χ0) is 29.3. The maximum absolute atomic E-state index is 14.2. The summed E-state index contributed by atoms with van der Waals surface area (Å²) >= 11 is 7.81. The molecule has 0 radical (unpaired) electrons. The summed E-state index contributed by atoms with van der Waals surface area (Å²) in [6.45, 7) is 0.296. The molecule has 3 heterocycles. The third-order valence-corrected chi connectivity index (χ3v) is 8.51. The van der Waals surface area contributed by atoms with E-state index in [1.165, 1.54) is 39.2 Å². The molecule has 2 atom stereocenters. The zero-order valence-electron chi connectivity index (χ0n) is 22.2. The molecule has 0 spiro atoms. The molecule has 0 amide bonds. The van der Waals surface area contributed by atoms with Crippen LogP contribution in [0.2, 0.25) is 5.02 Å². The molecule has 1 aliphatic heterocycles. The third kappa shape index (κ3) is 5.60. The molecular weight excluding hydrogens is 583 g/mol. The number of benzene rings is 2. The van der Waals surface area contributed by atoms with Crippen LogP contribution in [0, 0.1) is 0 Å². The number of hydrogen-bond acceptors (Lipinski definition) is 8. The van der Waals surface area contributed by atoms with Crippen molar-refractivity contribution >= 4 is 29.3 Å². The normalized spacial score (nSPS) is 16.5. The minimum atomic E-state index is -4.76. The summed E-state index contributed by atoms with van der Waals surface area (Å²) < 4.78 is 61.4. The van der Waals surface area contributed by atoms with E-state index in [0.717, 1.165) is 4.57 Å². The van der Waals surface area contributed by atoms with Crippen LogP contribution < -0.4 is 9.47 Å². The first-order chi connectivity index (χ1) is 19.7. The fourth-order valence-corrected chi connectivity index (χ4v) is 6.58. The van der Waals surface area contributed by atoms with Crippen LogP contribution >= 0.6 is 23.4 Å². The monoisotopic (exact) mass is 607 g/mol. The second-order valence-corrected chi connectivity index (χ2v) is 10.8. The molecule has 0 N–H and O–H groups in total. The molecule has 0 saturated heterocycles. The first-order valence-electron chi connectivity index (χ1n) is 12.4. The summed E-state index contributed by atoms with van der Waals surface area (Å²) in [5, 5.41) is 11.2. The number of halogens is 4. The molecule has 4 aromatic rings. The molecule has 0 aliphatic carbocycles. The highest BCUT2D eigenvalue weighted by molar-refractivity contribution is 8.00. The van der Waals surface area contributed by atoms with Gasteiger partial charge >= 0.3 is 12.1 Å². The molecule has 0 saturated carbocycles. The van der Waals surface area contributed by atoms with Crippen LogP contribution in [0.3, 0.4) is 0 Å². The number of rotatable bonds is 8. The van der Waals surface area contributed by atoms with Crippen molar-refractivity contribution in [2.75, 3.05) is 21.3 Å². The lowest BCUT2D eigenvalue weighted by Gasteiger charge is -2.24. The van der Waals surface area contributed by atoms with Crippen molar-refractivity contribution in [2.45, 2.75) is 36.1 Å². The Labute approximate surface area is 242 Å². The van der Waals surface area contributed by atoms with E-state index < -0.39 is 28.5 Å². The van der Waals surface area contributed by atoms with Gasteiger partial charge in [-0.1, -0.05) is 23.7 Å². The van der Waals surface area contributed by atoms with Crippen LogP contribution in [-0.2, 0) is 28.7 Å². The number of nitrogens with zero attached hydrogens (tertiary/aromatic N) is 5. The van der Waals surface area contributed by atoms with E-state index in [0.29, 0.717) is 46.3 Å². The summed E-state index contributed by atoms with van der Waals surface area (Å²) in [7, 11) is 4.33. The van der Waals surface area contributed by atoms with Gasteiger partial charge in [-0.2, -0.15) is 18.3 Å². The van der Waals surface area contributed by atoms with E-state index in [4.69, 9.17) is 25.8 Å². The first-order valence-corrected chi connectivity index (χ1v) is 13.7. The predicted octanol–water partition coefficient (Wildman–Crippen LogP) is 5.84. The molecule has 41 heavy (non-hydrogen) atoms. The van der Waals surface area contributed by atoms with E-state index in [2.05, 4.69) is 15.3 Å². The van der Waals surface area contributed by atoms with Crippen molar-refractivity contribution in [3.8, 4) is 17.2 Å². The Morgan fingerprint density at radius 3 is 2.59 bits per heavy atom. The van der Waals surface area contributed by atoms with Crippen molar-refractivity contribution in [1.82, 2.24) is 24.5 Å². The smallest absolute Gasteiger partial charge is 0.452 e. The molecule has 14 heteroatoms. The first kappa shape index (κ1) is 28.8. The molecule has 2 aromatic heterocycles. The second-order valence-electron chi connectivity index (χ2n) is 9.09. The lowest BCUT2D eigenvalue weighted by atomic mass is 10.0. The van der Waals surface area contributed by atoms with Gasteiger partial charge in [0.05, 0.1) is 43.9 Å². The van der Waals surface area contributed by atoms with E-state index in [9.17, 15) is 18.0 Å². The van der Waals surface area contributed by atoms with E-state index in [1.54, 1.807) is 41.2 Å². The number of ether oxygens (including phenoxy) is 3. The fraction of sp³-hybridized carbons (Fsp3) is 0.333. The van der Waals surface area contributed by atoms with Gasteiger partial charge in [0.15, 0.2) is 17.3 Å². The van der Waals surface area contributed by atoms with Gasteiger partial charge in [-0.3, -0.25) is 14.0 Å². The summed E-state index contributed by atoms with van der Waals surface area (Å²) in [5.74, 6) is -0.488. The standard InChI is InChI=1S/C27H25ClF3N5O4S/c1-38-20-6-4-5-17(23(20)40-3)24-18-13-15(28)7-8-19(18)36-25(33-34-26(36)27(29,30)31)21(41-24)10-12-35-16(9-11-32-35)14-22(37)39-2/h4-9,11,13,21,24H,10,12,14H2,1-3H3/t21-,24-/m1/s1. The number of aromatic nitrogens is 5. The Kier molecular flexibility index (Phi) is 8.18. The van der Waals surface area contributed by atoms with Crippen LogP contribution in [0.5, 0.6) is 11.5 Å². The van der Waals surface area contributed by atoms with E-state index in [1.807, 2.05) is 6.07 Å². The summed E-state index contributed by atoms with van der Waals surface area (Å²) in [5.41, 5.74) is 2.11. The number of alkyl halides is 3. The Balaban J connectivity index is 1.65. The van der Waals surface area contributed by atoms with E-state index in [-0.39, 0.29) is 17.9 Å². The van der Waals surface area contributed by atoms with Gasteiger partial charge in [0.25, 0.3) is 0 Å². The number of aryl methyl sites for hydroxylation is 1. The zero-order valence-corrected chi connectivity index (χ0v) is 23.8. The maximum Gasteiger partial charge on any atom is 0.452 e. The molecule has 216 valence electrons. The molecule has 1 aliphatic rings. The maximum atomic E-state index is 14.2. The quantitative estimate of drug-likeness (QED) is 0.231. The van der Waals surface area contributed by atoms with Gasteiger partial charge in [0, 0.05) is 29.0 Å². The Bertz CT molecular complexity index is 1570. The van der Waals surface area contributed by atoms with Gasteiger partial charge < -0.3 is 14.2 Å².